The standard InChI is InChI=1S/C36H38N8O3/c1-23(2)40-33(37)15-16-38-35(46)31-18-29(22-43(31)3)42-36(47)32-19-28(21-44(32)4)41-34(45)26-13-11-24(12-14-26)9-10-25-17-27-7-5-6-8-30(27)39-20-25/h5-14,17-23H,15-16H2,1-4H3,(H2,37,40)(H,38,46)(H,41,45)(H,42,47)/b10-9+. The normalized spacial score (nSPS) is 11.2. The van der Waals surface area contributed by atoms with Gasteiger partial charge in [-0.25, -0.2) is 0 Å². The second-order valence-corrected chi connectivity index (χ2v) is 11.6. The average Bonchev–Trinajstić information content (AvgIpc) is 3.60. The number of amidine groups is 1. The lowest BCUT2D eigenvalue weighted by Gasteiger charge is -2.11. The summed E-state index contributed by atoms with van der Waals surface area (Å²) < 4.78 is 3.25. The largest absolute Gasteiger partial charge is 0.372 e. The number of carbonyl (C=O) groups excluding carboxylic acids is 3. The zero-order chi connectivity index (χ0) is 33.5. The molecule has 5 N–H and O–H groups in total. The molecular weight excluding hydrogens is 592 g/mol. The summed E-state index contributed by atoms with van der Waals surface area (Å²) in [5.41, 5.74) is 4.97. The number of pyridine rings is 1. The van der Waals surface area contributed by atoms with E-state index in [1.807, 2.05) is 68.6 Å². The van der Waals surface area contributed by atoms with E-state index < -0.39 is 5.91 Å². The molecule has 0 aliphatic carbocycles. The number of para-hydroxylation sites is 1. The van der Waals surface area contributed by atoms with Crippen LogP contribution in [0.5, 0.6) is 0 Å². The number of aromatic nitrogens is 3. The average molecular weight is 631 g/mol. The van der Waals surface area contributed by atoms with Crippen molar-refractivity contribution in [3.63, 3.8) is 0 Å². The zero-order valence-corrected chi connectivity index (χ0v) is 26.8. The Hall–Kier alpha value is -5.97. The van der Waals surface area contributed by atoms with Gasteiger partial charge in [-0.2, -0.15) is 0 Å². The van der Waals surface area contributed by atoms with Crippen LogP contribution in [0.3, 0.4) is 0 Å². The summed E-state index contributed by atoms with van der Waals surface area (Å²) in [6.07, 6.45) is 9.48. The smallest absolute Gasteiger partial charge is 0.272 e. The van der Waals surface area contributed by atoms with Gasteiger partial charge in [0.2, 0.25) is 0 Å². The van der Waals surface area contributed by atoms with Gasteiger partial charge in [-0.15, -0.1) is 0 Å². The number of nitrogens with zero attached hydrogens (tertiary/aromatic N) is 3. The highest BCUT2D eigenvalue weighted by Crippen LogP contribution is 2.19. The molecule has 5 aromatic rings. The zero-order valence-electron chi connectivity index (χ0n) is 26.8. The number of nitrogens with one attached hydrogen (secondary N) is 5. The molecule has 11 nitrogen and oxygen atoms in total. The highest BCUT2D eigenvalue weighted by atomic mass is 16.2. The molecule has 0 aliphatic heterocycles. The molecule has 0 aliphatic rings. The van der Waals surface area contributed by atoms with E-state index in [0.717, 1.165) is 22.0 Å². The maximum Gasteiger partial charge on any atom is 0.272 e. The van der Waals surface area contributed by atoms with Crippen LogP contribution in [0.1, 0.15) is 62.7 Å². The van der Waals surface area contributed by atoms with E-state index >= 15 is 0 Å². The molecule has 0 bridgehead atoms. The first-order valence-corrected chi connectivity index (χ1v) is 15.3. The Morgan fingerprint density at radius 3 is 2.11 bits per heavy atom. The van der Waals surface area contributed by atoms with Crippen LogP contribution in [0.2, 0.25) is 0 Å². The topological polar surface area (TPSA) is 146 Å². The van der Waals surface area contributed by atoms with Crippen LogP contribution in [-0.4, -0.2) is 50.3 Å². The van der Waals surface area contributed by atoms with E-state index in [0.29, 0.717) is 47.1 Å². The molecule has 0 spiro atoms. The predicted octanol–water partition coefficient (Wildman–Crippen LogP) is 5.68. The van der Waals surface area contributed by atoms with Crippen molar-refractivity contribution in [1.82, 2.24) is 24.8 Å². The van der Waals surface area contributed by atoms with Crippen LogP contribution < -0.4 is 21.3 Å². The summed E-state index contributed by atoms with van der Waals surface area (Å²) in [5.74, 6) is -0.641. The van der Waals surface area contributed by atoms with Crippen molar-refractivity contribution >= 4 is 58.0 Å². The van der Waals surface area contributed by atoms with Gasteiger partial charge in [0.25, 0.3) is 17.7 Å². The molecular formula is C36H38N8O3. The van der Waals surface area contributed by atoms with Gasteiger partial charge in [0.1, 0.15) is 11.4 Å². The first kappa shape index (κ1) is 32.4. The van der Waals surface area contributed by atoms with Crippen molar-refractivity contribution in [3.8, 4) is 0 Å². The van der Waals surface area contributed by atoms with Crippen LogP contribution in [-0.2, 0) is 14.1 Å². The van der Waals surface area contributed by atoms with Crippen LogP contribution in [0.25, 0.3) is 23.1 Å². The van der Waals surface area contributed by atoms with Crippen LogP contribution in [0.15, 0.2) is 85.3 Å². The second-order valence-electron chi connectivity index (χ2n) is 11.6. The third-order valence-corrected chi connectivity index (χ3v) is 7.37. The van der Waals surface area contributed by atoms with Crippen molar-refractivity contribution in [2.24, 2.45) is 14.1 Å². The fraction of sp³-hybridized carbons (Fsp3) is 0.194. The summed E-state index contributed by atoms with van der Waals surface area (Å²) in [7, 11) is 3.43. The lowest BCUT2D eigenvalue weighted by atomic mass is 10.1. The SMILES string of the molecule is CC(C)NC(=N)CCNC(=O)c1cc(NC(=O)c2cc(NC(=O)c3ccc(/C=C/c4cnc5ccccc5c4)cc3)cn2C)cn1C. The number of hydrogen-bond acceptors (Lipinski definition) is 5. The van der Waals surface area contributed by atoms with Gasteiger partial charge in [0.15, 0.2) is 0 Å². The number of hydrogen-bond donors (Lipinski definition) is 5. The van der Waals surface area contributed by atoms with Gasteiger partial charge in [-0.3, -0.25) is 24.8 Å². The van der Waals surface area contributed by atoms with Crippen molar-refractivity contribution in [2.75, 3.05) is 17.2 Å². The van der Waals surface area contributed by atoms with Gasteiger partial charge >= 0.3 is 0 Å². The molecule has 3 heterocycles. The molecule has 0 fully saturated rings. The Bertz CT molecular complexity index is 1970. The highest BCUT2D eigenvalue weighted by molar-refractivity contribution is 6.07. The molecule has 3 aromatic heterocycles. The summed E-state index contributed by atoms with van der Waals surface area (Å²) in [6.45, 7) is 4.21. The van der Waals surface area contributed by atoms with Crippen molar-refractivity contribution < 1.29 is 14.4 Å². The van der Waals surface area contributed by atoms with E-state index in [2.05, 4.69) is 32.3 Å². The van der Waals surface area contributed by atoms with E-state index in [-0.39, 0.29) is 17.9 Å². The molecule has 11 heteroatoms. The Morgan fingerprint density at radius 2 is 1.43 bits per heavy atom. The summed E-state index contributed by atoms with van der Waals surface area (Å²) in [6, 6.07) is 20.6. The van der Waals surface area contributed by atoms with Gasteiger partial charge in [-0.05, 0) is 61.4 Å². The number of anilines is 2. The number of benzene rings is 2. The molecule has 0 saturated heterocycles. The Balaban J connectivity index is 1.15. The lowest BCUT2D eigenvalue weighted by Crippen LogP contribution is -2.34. The molecule has 47 heavy (non-hydrogen) atoms. The molecule has 2 aromatic carbocycles. The molecule has 5 rings (SSSR count). The maximum absolute atomic E-state index is 13.1. The number of fused-ring (bicyclic) bond motifs is 1. The molecule has 0 saturated carbocycles. The first-order chi connectivity index (χ1) is 22.5. The van der Waals surface area contributed by atoms with E-state index in [1.165, 1.54) is 0 Å². The third kappa shape index (κ3) is 8.40. The quantitative estimate of drug-likeness (QED) is 0.0942. The van der Waals surface area contributed by atoms with Crippen LogP contribution in [0.4, 0.5) is 11.4 Å². The van der Waals surface area contributed by atoms with Gasteiger partial charge < -0.3 is 30.4 Å². The molecule has 240 valence electrons. The minimum absolute atomic E-state index is 0.153. The van der Waals surface area contributed by atoms with Gasteiger partial charge in [0, 0.05) is 62.6 Å². The van der Waals surface area contributed by atoms with Crippen LogP contribution >= 0.6 is 0 Å². The first-order valence-electron chi connectivity index (χ1n) is 15.3. The minimum Gasteiger partial charge on any atom is -0.372 e. The van der Waals surface area contributed by atoms with Gasteiger partial charge in [0.05, 0.1) is 22.7 Å². The lowest BCUT2D eigenvalue weighted by molar-refractivity contribution is 0.0945. The number of carbonyl (C=O) groups is 3. The minimum atomic E-state index is -0.392. The van der Waals surface area contributed by atoms with Crippen molar-refractivity contribution in [2.45, 2.75) is 26.3 Å². The monoisotopic (exact) mass is 630 g/mol. The van der Waals surface area contributed by atoms with Gasteiger partial charge in [-0.1, -0.05) is 42.5 Å². The molecule has 3 amide bonds. The fourth-order valence-electron chi connectivity index (χ4n) is 5.05. The Morgan fingerprint density at radius 1 is 0.809 bits per heavy atom. The number of aryl methyl sites for hydroxylation is 2. The predicted molar refractivity (Wildman–Crippen MR) is 187 cm³/mol. The summed E-state index contributed by atoms with van der Waals surface area (Å²) in [4.78, 5) is 43.2. The Labute approximate surface area is 273 Å². The third-order valence-electron chi connectivity index (χ3n) is 7.37. The van der Waals surface area contributed by atoms with E-state index in [4.69, 9.17) is 5.41 Å². The van der Waals surface area contributed by atoms with E-state index in [9.17, 15) is 14.4 Å². The Kier molecular flexibility index (Phi) is 9.95. The fourth-order valence-corrected chi connectivity index (χ4v) is 5.05. The number of rotatable bonds is 11. The van der Waals surface area contributed by atoms with E-state index in [1.54, 1.807) is 59.9 Å². The van der Waals surface area contributed by atoms with Crippen LogP contribution in [0, 0.1) is 5.41 Å². The highest BCUT2D eigenvalue weighted by Gasteiger charge is 2.17. The van der Waals surface area contributed by atoms with Crippen molar-refractivity contribution in [3.05, 3.63) is 113 Å². The summed E-state index contributed by atoms with van der Waals surface area (Å²) >= 11 is 0. The molecule has 0 unspecified atom stereocenters. The summed E-state index contributed by atoms with van der Waals surface area (Å²) in [5, 5.41) is 20.4. The maximum atomic E-state index is 13.1. The molecule has 0 atom stereocenters. The molecule has 0 radical (unpaired) electrons. The number of amides is 3. The second kappa shape index (κ2) is 14.4. The van der Waals surface area contributed by atoms with Crippen molar-refractivity contribution in [1.29, 1.82) is 5.41 Å².